The zero-order valence-electron chi connectivity index (χ0n) is 14.2. The Labute approximate surface area is 147 Å². The summed E-state index contributed by atoms with van der Waals surface area (Å²) in [7, 11) is 0. The zero-order chi connectivity index (χ0) is 17.6. The smallest absolute Gasteiger partial charge is 0.127 e. The predicted octanol–water partition coefficient (Wildman–Crippen LogP) is 3.46. The van der Waals surface area contributed by atoms with Gasteiger partial charge in [0, 0.05) is 44.0 Å². The van der Waals surface area contributed by atoms with Crippen LogP contribution in [-0.4, -0.2) is 24.8 Å². The summed E-state index contributed by atoms with van der Waals surface area (Å²) in [5.74, 6) is -0.383. The fourth-order valence-corrected chi connectivity index (χ4v) is 3.22. The van der Waals surface area contributed by atoms with E-state index in [9.17, 15) is 13.9 Å². The average Bonchev–Trinajstić information content (AvgIpc) is 2.65. The molecule has 0 spiro atoms. The monoisotopic (exact) mass is 346 g/mol. The van der Waals surface area contributed by atoms with Gasteiger partial charge in [-0.1, -0.05) is 12.1 Å². The summed E-state index contributed by atoms with van der Waals surface area (Å²) >= 11 is 0. The molecule has 2 N–H and O–H groups in total. The molecule has 0 aliphatic carbocycles. The minimum Gasteiger partial charge on any atom is -0.396 e. The quantitative estimate of drug-likeness (QED) is 0.841. The van der Waals surface area contributed by atoms with Crippen LogP contribution in [0.4, 0.5) is 14.5 Å². The molecule has 3 nitrogen and oxygen atoms in total. The molecule has 0 aromatic heterocycles. The van der Waals surface area contributed by atoms with Gasteiger partial charge < -0.3 is 15.3 Å². The first-order valence-electron chi connectivity index (χ1n) is 8.75. The molecule has 1 saturated heterocycles. The number of nitrogens with zero attached hydrogens (tertiary/aromatic N) is 1. The van der Waals surface area contributed by atoms with Gasteiger partial charge in [0.15, 0.2) is 0 Å². The van der Waals surface area contributed by atoms with Gasteiger partial charge in [0.25, 0.3) is 0 Å². The molecule has 25 heavy (non-hydrogen) atoms. The van der Waals surface area contributed by atoms with Crippen molar-refractivity contribution in [2.24, 2.45) is 5.92 Å². The van der Waals surface area contributed by atoms with Crippen molar-refractivity contribution < 1.29 is 13.9 Å². The third-order valence-corrected chi connectivity index (χ3v) is 4.83. The average molecular weight is 346 g/mol. The first-order chi connectivity index (χ1) is 12.2. The summed E-state index contributed by atoms with van der Waals surface area (Å²) in [4.78, 5) is 2.34. The Morgan fingerprint density at radius 3 is 2.40 bits per heavy atom. The van der Waals surface area contributed by atoms with E-state index in [1.807, 2.05) is 0 Å². The molecule has 1 aliphatic heterocycles. The fourth-order valence-electron chi connectivity index (χ4n) is 3.22. The summed E-state index contributed by atoms with van der Waals surface area (Å²) in [5.41, 5.74) is 2.63. The van der Waals surface area contributed by atoms with Crippen molar-refractivity contribution in [2.45, 2.75) is 25.9 Å². The van der Waals surface area contributed by atoms with E-state index in [-0.39, 0.29) is 6.61 Å². The van der Waals surface area contributed by atoms with Crippen LogP contribution in [0.25, 0.3) is 0 Å². The van der Waals surface area contributed by atoms with Gasteiger partial charge in [-0.3, -0.25) is 0 Å². The Kier molecular flexibility index (Phi) is 6.00. The lowest BCUT2D eigenvalue weighted by Crippen LogP contribution is -2.34. The van der Waals surface area contributed by atoms with Crippen LogP contribution in [0.3, 0.4) is 0 Å². The highest BCUT2D eigenvalue weighted by atomic mass is 19.1. The molecule has 0 atom stereocenters. The highest BCUT2D eigenvalue weighted by molar-refractivity contribution is 5.48. The number of hydrogen-bond donors (Lipinski definition) is 2. The maximum atomic E-state index is 13.6. The van der Waals surface area contributed by atoms with Gasteiger partial charge in [0.05, 0.1) is 0 Å². The number of benzene rings is 2. The molecule has 1 aliphatic rings. The molecule has 5 heteroatoms. The fraction of sp³-hybridized carbons (Fsp3) is 0.400. The highest BCUT2D eigenvalue weighted by Crippen LogP contribution is 2.23. The van der Waals surface area contributed by atoms with Crippen molar-refractivity contribution in [3.05, 3.63) is 65.2 Å². The number of rotatable bonds is 6. The lowest BCUT2D eigenvalue weighted by Gasteiger charge is -2.33. The number of hydrogen-bond acceptors (Lipinski definition) is 3. The van der Waals surface area contributed by atoms with Crippen molar-refractivity contribution in [3.8, 4) is 0 Å². The van der Waals surface area contributed by atoms with Crippen molar-refractivity contribution in [1.82, 2.24) is 5.32 Å². The van der Waals surface area contributed by atoms with E-state index in [0.717, 1.165) is 43.6 Å². The molecule has 0 saturated carbocycles. The molecular weight excluding hydrogens is 322 g/mol. The zero-order valence-corrected chi connectivity index (χ0v) is 14.2. The number of halogens is 2. The summed E-state index contributed by atoms with van der Waals surface area (Å²) in [6.07, 6.45) is 2.05. The number of nitrogens with one attached hydrogen (secondary N) is 1. The molecule has 134 valence electrons. The minimum absolute atomic E-state index is 0.282. The van der Waals surface area contributed by atoms with Gasteiger partial charge >= 0.3 is 0 Å². The first kappa shape index (κ1) is 17.8. The lowest BCUT2D eigenvalue weighted by atomic mass is 9.97. The maximum absolute atomic E-state index is 13.6. The Balaban J connectivity index is 1.50. The van der Waals surface area contributed by atoms with Gasteiger partial charge in [-0.25, -0.2) is 8.78 Å². The molecule has 0 bridgehead atoms. The van der Waals surface area contributed by atoms with E-state index >= 15 is 0 Å². The number of aliphatic hydroxyl groups excluding tert-OH is 1. The van der Waals surface area contributed by atoms with Crippen molar-refractivity contribution in [2.75, 3.05) is 24.6 Å². The number of anilines is 1. The van der Waals surface area contributed by atoms with Crippen LogP contribution in [0, 0.1) is 17.6 Å². The minimum atomic E-state index is -0.424. The SMILES string of the molecule is OCC1CCN(c2ccc(CNCc3cc(F)ccc3F)cc2)CC1. The van der Waals surface area contributed by atoms with Gasteiger partial charge in [-0.15, -0.1) is 0 Å². The second-order valence-corrected chi connectivity index (χ2v) is 6.62. The van der Waals surface area contributed by atoms with Crippen LogP contribution in [-0.2, 0) is 13.1 Å². The Morgan fingerprint density at radius 2 is 1.72 bits per heavy atom. The van der Waals surface area contributed by atoms with Gasteiger partial charge in [-0.2, -0.15) is 0 Å². The topological polar surface area (TPSA) is 35.5 Å². The Hall–Kier alpha value is -1.98. The molecule has 1 fully saturated rings. The highest BCUT2D eigenvalue weighted by Gasteiger charge is 2.18. The third-order valence-electron chi connectivity index (χ3n) is 4.83. The standard InChI is InChI=1S/C20H24F2N2O/c21-18-3-6-20(22)17(11-18)13-23-12-15-1-4-19(5-2-15)24-9-7-16(14-25)8-10-24/h1-6,11,16,23,25H,7-10,12-14H2. The van der Waals surface area contributed by atoms with E-state index in [0.29, 0.717) is 24.6 Å². The molecule has 0 unspecified atom stereocenters. The van der Waals surface area contributed by atoms with Crippen LogP contribution >= 0.6 is 0 Å². The summed E-state index contributed by atoms with van der Waals surface area (Å²) in [6, 6.07) is 11.8. The van der Waals surface area contributed by atoms with Crippen LogP contribution in [0.5, 0.6) is 0 Å². The maximum Gasteiger partial charge on any atom is 0.127 e. The largest absolute Gasteiger partial charge is 0.396 e. The molecule has 2 aromatic carbocycles. The summed E-state index contributed by atoms with van der Waals surface area (Å²) < 4.78 is 26.7. The normalized spacial score (nSPS) is 15.6. The van der Waals surface area contributed by atoms with Crippen LogP contribution in [0.2, 0.25) is 0 Å². The van der Waals surface area contributed by atoms with E-state index in [2.05, 4.69) is 34.5 Å². The molecule has 1 heterocycles. The van der Waals surface area contributed by atoms with Crippen LogP contribution in [0.15, 0.2) is 42.5 Å². The van der Waals surface area contributed by atoms with Crippen LogP contribution in [0.1, 0.15) is 24.0 Å². The summed E-state index contributed by atoms with van der Waals surface area (Å²) in [5, 5.41) is 12.4. The number of aliphatic hydroxyl groups is 1. The number of piperidine rings is 1. The van der Waals surface area contributed by atoms with Gasteiger partial charge in [-0.05, 0) is 54.7 Å². The first-order valence-corrected chi connectivity index (χ1v) is 8.75. The van der Waals surface area contributed by atoms with E-state index in [1.165, 1.54) is 11.8 Å². The van der Waals surface area contributed by atoms with E-state index in [1.54, 1.807) is 0 Å². The predicted molar refractivity (Wildman–Crippen MR) is 95.4 cm³/mol. The van der Waals surface area contributed by atoms with Crippen molar-refractivity contribution in [1.29, 1.82) is 0 Å². The van der Waals surface area contributed by atoms with Crippen LogP contribution < -0.4 is 10.2 Å². The second kappa shape index (κ2) is 8.41. The Bertz CT molecular complexity index is 683. The molecule has 0 amide bonds. The van der Waals surface area contributed by atoms with Crippen molar-refractivity contribution in [3.63, 3.8) is 0 Å². The molecule has 3 rings (SSSR count). The van der Waals surface area contributed by atoms with Crippen molar-refractivity contribution >= 4 is 5.69 Å². The van der Waals surface area contributed by atoms with Gasteiger partial charge in [0.1, 0.15) is 11.6 Å². The Morgan fingerprint density at radius 1 is 1.00 bits per heavy atom. The lowest BCUT2D eigenvalue weighted by molar-refractivity contribution is 0.203. The molecule has 2 aromatic rings. The summed E-state index contributed by atoms with van der Waals surface area (Å²) in [6.45, 7) is 3.12. The molecular formula is C20H24F2N2O. The van der Waals surface area contributed by atoms with E-state index < -0.39 is 11.6 Å². The second-order valence-electron chi connectivity index (χ2n) is 6.62. The van der Waals surface area contributed by atoms with Gasteiger partial charge in [0.2, 0.25) is 0 Å². The third kappa shape index (κ3) is 4.77. The van der Waals surface area contributed by atoms with E-state index in [4.69, 9.17) is 0 Å². The molecule has 0 radical (unpaired) electrons.